The highest BCUT2D eigenvalue weighted by Crippen LogP contribution is 2.39. The van der Waals surface area contributed by atoms with Crippen molar-refractivity contribution in [3.05, 3.63) is 92.9 Å². The first kappa shape index (κ1) is 20.5. The Kier molecular flexibility index (Phi) is 5.06. The van der Waals surface area contributed by atoms with Crippen molar-refractivity contribution in [1.82, 2.24) is 9.55 Å². The molecule has 3 aromatic carbocycles. The van der Waals surface area contributed by atoms with E-state index in [-0.39, 0.29) is 11.5 Å². The molecule has 32 heavy (non-hydrogen) atoms. The van der Waals surface area contributed by atoms with E-state index in [0.717, 1.165) is 15.7 Å². The van der Waals surface area contributed by atoms with E-state index in [1.165, 1.54) is 0 Å². The Bertz CT molecular complexity index is 1410. The molecule has 0 saturated heterocycles. The molecule has 0 fully saturated rings. The van der Waals surface area contributed by atoms with Crippen LogP contribution < -0.4 is 15.2 Å². The second kappa shape index (κ2) is 7.91. The van der Waals surface area contributed by atoms with Gasteiger partial charge < -0.3 is 9.64 Å². The number of rotatable bonds is 4. The van der Waals surface area contributed by atoms with Crippen LogP contribution >= 0.6 is 15.9 Å². The Morgan fingerprint density at radius 3 is 2.53 bits per heavy atom. The summed E-state index contributed by atoms with van der Waals surface area (Å²) >= 11 is 3.51. The average Bonchev–Trinajstić information content (AvgIpc) is 3.03. The summed E-state index contributed by atoms with van der Waals surface area (Å²) in [4.78, 5) is 33.1. The SMILES string of the molecule is COc1ccc(-n2c(CC3C(=O)N(C)c4ccc(Br)cc43)nc3ccccc3c2=O)cc1. The van der Waals surface area contributed by atoms with Crippen LogP contribution in [0.5, 0.6) is 5.75 Å². The van der Waals surface area contributed by atoms with Crippen LogP contribution in [-0.2, 0) is 11.2 Å². The van der Waals surface area contributed by atoms with Gasteiger partial charge in [-0.3, -0.25) is 14.2 Å². The van der Waals surface area contributed by atoms with Crippen molar-refractivity contribution < 1.29 is 9.53 Å². The number of nitrogens with zero attached hydrogens (tertiary/aromatic N) is 3. The molecule has 0 bridgehead atoms. The molecular weight excluding hydrogens is 470 g/mol. The molecule has 0 saturated carbocycles. The second-order valence-electron chi connectivity index (χ2n) is 7.74. The quantitative estimate of drug-likeness (QED) is 0.424. The lowest BCUT2D eigenvalue weighted by Crippen LogP contribution is -2.29. The highest BCUT2D eigenvalue weighted by Gasteiger charge is 2.36. The number of hydrogen-bond donors (Lipinski definition) is 0. The number of ether oxygens (including phenoxy) is 1. The third-order valence-electron chi connectivity index (χ3n) is 5.92. The molecule has 0 N–H and O–H groups in total. The fourth-order valence-corrected chi connectivity index (χ4v) is 4.67. The number of para-hydroxylation sites is 1. The number of fused-ring (bicyclic) bond motifs is 2. The molecule has 2 heterocycles. The van der Waals surface area contributed by atoms with Crippen molar-refractivity contribution in [2.75, 3.05) is 19.1 Å². The van der Waals surface area contributed by atoms with Gasteiger partial charge >= 0.3 is 0 Å². The predicted molar refractivity (Wildman–Crippen MR) is 128 cm³/mol. The number of carbonyl (C=O) groups excluding carboxylic acids is 1. The molecule has 7 heteroatoms. The van der Waals surface area contributed by atoms with Crippen LogP contribution in [0.4, 0.5) is 5.69 Å². The summed E-state index contributed by atoms with van der Waals surface area (Å²) in [7, 11) is 3.38. The van der Waals surface area contributed by atoms with Gasteiger partial charge in [0.2, 0.25) is 5.91 Å². The lowest BCUT2D eigenvalue weighted by molar-refractivity contribution is -0.119. The van der Waals surface area contributed by atoms with Crippen molar-refractivity contribution in [1.29, 1.82) is 0 Å². The van der Waals surface area contributed by atoms with Gasteiger partial charge in [0.25, 0.3) is 5.56 Å². The maximum absolute atomic E-state index is 13.5. The van der Waals surface area contributed by atoms with E-state index in [1.54, 1.807) is 29.7 Å². The maximum atomic E-state index is 13.5. The number of methoxy groups -OCH3 is 1. The number of aromatic nitrogens is 2. The molecule has 1 unspecified atom stereocenters. The number of amides is 1. The van der Waals surface area contributed by atoms with E-state index in [1.807, 2.05) is 60.7 Å². The Hall–Kier alpha value is -3.45. The number of halogens is 1. The zero-order chi connectivity index (χ0) is 22.4. The Morgan fingerprint density at radius 1 is 1.03 bits per heavy atom. The highest BCUT2D eigenvalue weighted by atomic mass is 79.9. The Labute approximate surface area is 193 Å². The smallest absolute Gasteiger partial charge is 0.265 e. The minimum Gasteiger partial charge on any atom is -0.497 e. The number of likely N-dealkylation sites (N-methyl/N-ethyl adjacent to an activating group) is 1. The lowest BCUT2D eigenvalue weighted by Gasteiger charge is -2.17. The first-order chi connectivity index (χ1) is 15.5. The molecule has 0 radical (unpaired) electrons. The van der Waals surface area contributed by atoms with E-state index in [2.05, 4.69) is 15.9 Å². The Balaban J connectivity index is 1.69. The number of anilines is 1. The summed E-state index contributed by atoms with van der Waals surface area (Å²) < 4.78 is 7.77. The number of carbonyl (C=O) groups is 1. The number of hydrogen-bond acceptors (Lipinski definition) is 4. The molecule has 1 aliphatic rings. The van der Waals surface area contributed by atoms with Gasteiger partial charge in [0.05, 0.1) is 29.6 Å². The number of benzene rings is 3. The van der Waals surface area contributed by atoms with Gasteiger partial charge in [0.15, 0.2) is 0 Å². The molecule has 1 atom stereocenters. The molecule has 6 nitrogen and oxygen atoms in total. The van der Waals surface area contributed by atoms with Crippen LogP contribution in [0.3, 0.4) is 0 Å². The summed E-state index contributed by atoms with van der Waals surface area (Å²) in [6, 6.07) is 20.4. The van der Waals surface area contributed by atoms with Crippen LogP contribution in [0.15, 0.2) is 76.0 Å². The largest absolute Gasteiger partial charge is 0.497 e. The molecule has 0 aliphatic carbocycles. The fraction of sp³-hybridized carbons (Fsp3) is 0.160. The van der Waals surface area contributed by atoms with E-state index in [4.69, 9.17) is 9.72 Å². The van der Waals surface area contributed by atoms with Crippen LogP contribution in [0.25, 0.3) is 16.6 Å². The topological polar surface area (TPSA) is 64.4 Å². The summed E-state index contributed by atoms with van der Waals surface area (Å²) in [5.74, 6) is 0.800. The summed E-state index contributed by atoms with van der Waals surface area (Å²) in [5, 5.41) is 0.532. The van der Waals surface area contributed by atoms with Gasteiger partial charge in [-0.1, -0.05) is 28.1 Å². The first-order valence-electron chi connectivity index (χ1n) is 10.2. The molecule has 1 aromatic heterocycles. The van der Waals surface area contributed by atoms with Crippen molar-refractivity contribution in [3.8, 4) is 11.4 Å². The molecular formula is C25H20BrN3O3. The molecule has 1 aliphatic heterocycles. The van der Waals surface area contributed by atoms with Crippen molar-refractivity contribution in [3.63, 3.8) is 0 Å². The normalized spacial score (nSPS) is 15.3. The zero-order valence-corrected chi connectivity index (χ0v) is 19.2. The second-order valence-corrected chi connectivity index (χ2v) is 8.66. The predicted octanol–water partition coefficient (Wildman–Crippen LogP) is 4.46. The molecule has 1 amide bonds. The van der Waals surface area contributed by atoms with Crippen LogP contribution in [0, 0.1) is 0 Å². The summed E-state index contributed by atoms with van der Waals surface area (Å²) in [6.45, 7) is 0. The van der Waals surface area contributed by atoms with E-state index >= 15 is 0 Å². The van der Waals surface area contributed by atoms with Gasteiger partial charge in [-0.15, -0.1) is 0 Å². The minimum absolute atomic E-state index is 0.0122. The van der Waals surface area contributed by atoms with Crippen molar-refractivity contribution in [2.24, 2.45) is 0 Å². The van der Waals surface area contributed by atoms with Gasteiger partial charge in [-0.25, -0.2) is 4.98 Å². The van der Waals surface area contributed by atoms with Gasteiger partial charge in [-0.2, -0.15) is 0 Å². The summed E-state index contributed by atoms with van der Waals surface area (Å²) in [5.41, 5.74) is 2.93. The average molecular weight is 490 g/mol. The maximum Gasteiger partial charge on any atom is 0.265 e. The van der Waals surface area contributed by atoms with Gasteiger partial charge in [0, 0.05) is 23.6 Å². The first-order valence-corrected chi connectivity index (χ1v) is 11.0. The molecule has 5 rings (SSSR count). The fourth-order valence-electron chi connectivity index (χ4n) is 4.29. The minimum atomic E-state index is -0.426. The zero-order valence-electron chi connectivity index (χ0n) is 17.6. The molecule has 0 spiro atoms. The van der Waals surface area contributed by atoms with Gasteiger partial charge in [0.1, 0.15) is 11.6 Å². The third-order valence-corrected chi connectivity index (χ3v) is 6.41. The van der Waals surface area contributed by atoms with E-state index in [0.29, 0.717) is 34.6 Å². The van der Waals surface area contributed by atoms with E-state index < -0.39 is 5.92 Å². The van der Waals surface area contributed by atoms with Crippen molar-refractivity contribution in [2.45, 2.75) is 12.3 Å². The van der Waals surface area contributed by atoms with Crippen molar-refractivity contribution >= 4 is 38.4 Å². The standard InChI is InChI=1S/C25H20BrN3O3/c1-28-22-12-7-15(26)13-19(22)20(24(28)30)14-23-27-21-6-4-3-5-18(21)25(31)29(23)16-8-10-17(32-2)11-9-16/h3-13,20H,14H2,1-2H3. The van der Waals surface area contributed by atoms with Crippen LogP contribution in [-0.4, -0.2) is 29.6 Å². The van der Waals surface area contributed by atoms with Crippen LogP contribution in [0.2, 0.25) is 0 Å². The lowest BCUT2D eigenvalue weighted by atomic mass is 9.96. The van der Waals surface area contributed by atoms with Gasteiger partial charge in [-0.05, 0) is 60.2 Å². The Morgan fingerprint density at radius 2 is 1.78 bits per heavy atom. The summed E-state index contributed by atoms with van der Waals surface area (Å²) in [6.07, 6.45) is 0.304. The molecule has 160 valence electrons. The van der Waals surface area contributed by atoms with E-state index in [9.17, 15) is 9.59 Å². The molecule has 4 aromatic rings. The highest BCUT2D eigenvalue weighted by molar-refractivity contribution is 9.10. The monoisotopic (exact) mass is 489 g/mol. The van der Waals surface area contributed by atoms with Crippen LogP contribution in [0.1, 0.15) is 17.3 Å². The third kappa shape index (κ3) is 3.29.